The molecule has 3 aromatic rings. The van der Waals surface area contributed by atoms with Crippen LogP contribution >= 0.6 is 0 Å². The van der Waals surface area contributed by atoms with Gasteiger partial charge in [-0.3, -0.25) is 9.59 Å². The molecule has 1 aromatic heterocycles. The van der Waals surface area contributed by atoms with Crippen LogP contribution in [0.4, 0.5) is 0 Å². The minimum atomic E-state index is -0.406. The predicted molar refractivity (Wildman–Crippen MR) is 221 cm³/mol. The van der Waals surface area contributed by atoms with E-state index in [1.807, 2.05) is 39.8 Å². The number of phenolic OH excluding ortho intramolecular Hbond substituents is 1. The molecule has 0 bridgehead atoms. The van der Waals surface area contributed by atoms with Crippen molar-refractivity contribution in [2.45, 2.75) is 40.5 Å². The van der Waals surface area contributed by atoms with Crippen molar-refractivity contribution in [2.75, 3.05) is 105 Å². The van der Waals surface area contributed by atoms with Gasteiger partial charge < -0.3 is 67.1 Å². The van der Waals surface area contributed by atoms with E-state index in [1.54, 1.807) is 12.1 Å². The van der Waals surface area contributed by atoms with E-state index in [0.717, 1.165) is 63.5 Å². The summed E-state index contributed by atoms with van der Waals surface area (Å²) in [5, 5.41) is 31.3. The lowest BCUT2D eigenvalue weighted by Gasteiger charge is -2.18. The molecule has 55 heavy (non-hydrogen) atoms. The first kappa shape index (κ1) is 45.2. The lowest BCUT2D eigenvalue weighted by atomic mass is 9.98. The molecule has 0 radical (unpaired) electrons. The van der Waals surface area contributed by atoms with Crippen molar-refractivity contribution in [1.82, 2.24) is 31.9 Å². The normalized spacial score (nSPS) is 11.2. The number of hydrogen-bond donors (Lipinski definition) is 9. The first-order valence-electron chi connectivity index (χ1n) is 19.2. The number of ether oxygens (including phenoxy) is 3. The topological polar surface area (TPSA) is 219 Å². The number of hydrogen-bond acceptors (Lipinski definition) is 14. The molecule has 0 fully saturated rings. The molecule has 0 saturated heterocycles. The molecule has 15 nitrogen and oxygen atoms in total. The summed E-state index contributed by atoms with van der Waals surface area (Å²) in [6, 6.07) is 3.22. The summed E-state index contributed by atoms with van der Waals surface area (Å²) >= 11 is 0. The van der Waals surface area contributed by atoms with E-state index in [1.165, 1.54) is 7.11 Å². The highest BCUT2D eigenvalue weighted by molar-refractivity contribution is 5.98. The van der Waals surface area contributed by atoms with Crippen molar-refractivity contribution in [3.63, 3.8) is 0 Å². The highest BCUT2D eigenvalue weighted by Crippen LogP contribution is 2.41. The van der Waals surface area contributed by atoms with Gasteiger partial charge in [0.2, 0.25) is 5.43 Å². The second-order valence-corrected chi connectivity index (χ2v) is 13.6. The smallest absolute Gasteiger partial charge is 0.257 e. The predicted octanol–water partition coefficient (Wildman–Crippen LogP) is 1.42. The van der Waals surface area contributed by atoms with Gasteiger partial charge in [-0.05, 0) is 40.5 Å². The number of amides is 1. The van der Waals surface area contributed by atoms with Crippen LogP contribution in [0.1, 0.15) is 38.8 Å². The van der Waals surface area contributed by atoms with E-state index < -0.39 is 5.43 Å². The van der Waals surface area contributed by atoms with E-state index in [4.69, 9.17) is 30.1 Å². The molecule has 0 unspecified atom stereocenters. The molecule has 1 heterocycles. The Hall–Kier alpha value is -4.22. The fourth-order valence-corrected chi connectivity index (χ4v) is 5.74. The molecule has 3 rings (SSSR count). The number of carbonyl (C=O) groups excluding carboxylic acids is 1. The van der Waals surface area contributed by atoms with Crippen LogP contribution < -0.4 is 63.0 Å². The van der Waals surface area contributed by atoms with Crippen molar-refractivity contribution >= 4 is 27.8 Å². The third-order valence-corrected chi connectivity index (χ3v) is 8.54. The summed E-state index contributed by atoms with van der Waals surface area (Å²) in [6.45, 7) is 17.1. The summed E-state index contributed by atoms with van der Waals surface area (Å²) in [4.78, 5) is 27.2. The van der Waals surface area contributed by atoms with E-state index in [-0.39, 0.29) is 46.0 Å². The Morgan fingerprint density at radius 2 is 1.22 bits per heavy atom. The number of aromatic hydroxyl groups is 1. The number of nitrogens with two attached hydrogens (primary N) is 2. The fraction of sp³-hybridized carbons (Fsp3) is 0.550. The maximum atomic E-state index is 14.4. The van der Waals surface area contributed by atoms with Gasteiger partial charge in [0.05, 0.1) is 12.5 Å². The molecule has 0 aliphatic carbocycles. The van der Waals surface area contributed by atoms with Gasteiger partial charge in [-0.15, -0.1) is 0 Å². The number of carbonyl (C=O) groups is 1. The van der Waals surface area contributed by atoms with Gasteiger partial charge in [-0.2, -0.15) is 0 Å². The number of nitrogens with one attached hydrogen (secondary N) is 6. The quantitative estimate of drug-likeness (QED) is 0.0290. The summed E-state index contributed by atoms with van der Waals surface area (Å²) < 4.78 is 24.4. The van der Waals surface area contributed by atoms with Crippen LogP contribution in [0.5, 0.6) is 23.0 Å². The van der Waals surface area contributed by atoms with E-state index in [0.29, 0.717) is 74.8 Å². The second-order valence-electron chi connectivity index (χ2n) is 13.6. The fourth-order valence-electron chi connectivity index (χ4n) is 5.74. The van der Waals surface area contributed by atoms with Gasteiger partial charge in [-0.1, -0.05) is 23.3 Å². The first-order chi connectivity index (χ1) is 26.6. The molecule has 2 aromatic carbocycles. The SMILES string of the molecule is COc1c(OCC(=O)NCCNCCNCCN)cc2oc3cc(OCCNCCNCCNCCN)c(CC=C(C)C)c(O)c3c(=O)c2c1CC=C(C)C. The Balaban J connectivity index is 1.89. The molecule has 306 valence electrons. The van der Waals surface area contributed by atoms with Crippen LogP contribution in [-0.2, 0) is 17.6 Å². The van der Waals surface area contributed by atoms with Crippen LogP contribution in [0, 0.1) is 0 Å². The molecule has 11 N–H and O–H groups in total. The zero-order chi connectivity index (χ0) is 40.0. The summed E-state index contributed by atoms with van der Waals surface area (Å²) in [7, 11) is 1.49. The number of allylic oxidation sites excluding steroid dienone is 4. The minimum Gasteiger partial charge on any atom is -0.507 e. The van der Waals surface area contributed by atoms with E-state index >= 15 is 0 Å². The Morgan fingerprint density at radius 3 is 1.78 bits per heavy atom. The number of benzene rings is 2. The average molecular weight is 769 g/mol. The summed E-state index contributed by atoms with van der Waals surface area (Å²) in [5.41, 5.74) is 14.1. The zero-order valence-electron chi connectivity index (χ0n) is 33.4. The molecular formula is C40H64N8O7. The third-order valence-electron chi connectivity index (χ3n) is 8.54. The van der Waals surface area contributed by atoms with Gasteiger partial charge in [-0.25, -0.2) is 0 Å². The number of phenols is 1. The number of methoxy groups -OCH3 is 1. The highest BCUT2D eigenvalue weighted by Gasteiger charge is 2.24. The van der Waals surface area contributed by atoms with Crippen LogP contribution in [-0.4, -0.2) is 116 Å². The Kier molecular flexibility index (Phi) is 20.6. The van der Waals surface area contributed by atoms with Crippen molar-refractivity contribution in [1.29, 1.82) is 0 Å². The molecule has 0 aliphatic rings. The summed E-state index contributed by atoms with van der Waals surface area (Å²) in [5.74, 6) is 0.483. The van der Waals surface area contributed by atoms with Crippen LogP contribution in [0.25, 0.3) is 21.9 Å². The maximum Gasteiger partial charge on any atom is 0.257 e. The molecule has 0 atom stereocenters. The largest absolute Gasteiger partial charge is 0.507 e. The van der Waals surface area contributed by atoms with Crippen LogP contribution in [0.2, 0.25) is 0 Å². The molecule has 1 amide bonds. The maximum absolute atomic E-state index is 14.4. The third kappa shape index (κ3) is 14.7. The van der Waals surface area contributed by atoms with Gasteiger partial charge in [0.15, 0.2) is 18.1 Å². The van der Waals surface area contributed by atoms with Crippen LogP contribution in [0.3, 0.4) is 0 Å². The van der Waals surface area contributed by atoms with Crippen molar-refractivity contribution < 1.29 is 28.5 Å². The van der Waals surface area contributed by atoms with E-state index in [2.05, 4.69) is 31.9 Å². The molecule has 15 heteroatoms. The lowest BCUT2D eigenvalue weighted by Crippen LogP contribution is -2.37. The monoisotopic (exact) mass is 768 g/mol. The molecular weight excluding hydrogens is 704 g/mol. The van der Waals surface area contributed by atoms with Gasteiger partial charge in [0.25, 0.3) is 5.91 Å². The Morgan fingerprint density at radius 1 is 0.709 bits per heavy atom. The Bertz CT molecular complexity index is 1770. The van der Waals surface area contributed by atoms with Gasteiger partial charge in [0, 0.05) is 108 Å². The molecule has 0 aliphatic heterocycles. The zero-order valence-corrected chi connectivity index (χ0v) is 33.4. The van der Waals surface area contributed by atoms with Crippen molar-refractivity contribution in [3.8, 4) is 23.0 Å². The van der Waals surface area contributed by atoms with Gasteiger partial charge in [0.1, 0.15) is 34.7 Å². The molecule has 0 saturated carbocycles. The lowest BCUT2D eigenvalue weighted by molar-refractivity contribution is -0.123. The molecule has 0 spiro atoms. The minimum absolute atomic E-state index is 0.0551. The highest BCUT2D eigenvalue weighted by atomic mass is 16.5. The van der Waals surface area contributed by atoms with Crippen molar-refractivity contribution in [2.24, 2.45) is 11.5 Å². The van der Waals surface area contributed by atoms with E-state index in [9.17, 15) is 14.7 Å². The summed E-state index contributed by atoms with van der Waals surface area (Å²) in [6.07, 6.45) is 4.63. The standard InChI is InChI=1S/C40H64N8O7/c1-27(2)6-8-29-31(53-23-22-47-19-18-45-16-14-43-12-10-41)24-33-37(38(29)50)39(51)36-30(9-7-28(3)4)40(52-5)34(25-32(36)55-33)54-26-35(49)48-21-20-46-17-15-44-13-11-42/h6-7,24-25,43-47,50H,8-23,26,41-42H2,1-5H3,(H,48,49). The average Bonchev–Trinajstić information content (AvgIpc) is 3.15. The van der Waals surface area contributed by atoms with Crippen LogP contribution in [0.15, 0.2) is 44.6 Å². The Labute approximate surface area is 325 Å². The first-order valence-corrected chi connectivity index (χ1v) is 19.2. The second kappa shape index (κ2) is 25.0. The number of fused-ring (bicyclic) bond motifs is 2. The number of rotatable bonds is 28. The van der Waals surface area contributed by atoms with Gasteiger partial charge >= 0.3 is 0 Å². The van der Waals surface area contributed by atoms with Crippen molar-refractivity contribution in [3.05, 3.63) is 56.8 Å².